The van der Waals surface area contributed by atoms with Crippen molar-refractivity contribution in [3.05, 3.63) is 59.9 Å². The zero-order valence-electron chi connectivity index (χ0n) is 9.14. The average molecular weight is 234 g/mol. The van der Waals surface area contributed by atoms with E-state index < -0.39 is 0 Å². The quantitative estimate of drug-likeness (QED) is 0.887. The van der Waals surface area contributed by atoms with Gasteiger partial charge in [0.1, 0.15) is 17.3 Å². The van der Waals surface area contributed by atoms with E-state index in [9.17, 15) is 4.39 Å². The molecule has 0 saturated carbocycles. The van der Waals surface area contributed by atoms with E-state index in [0.717, 1.165) is 5.56 Å². The Bertz CT molecular complexity index is 471. The lowest BCUT2D eigenvalue weighted by Crippen LogP contribution is -1.96. The first kappa shape index (κ1) is 13.2. The van der Waals surface area contributed by atoms with Gasteiger partial charge in [-0.3, -0.25) is 0 Å². The van der Waals surface area contributed by atoms with E-state index in [1.165, 1.54) is 12.1 Å². The number of ether oxygens (including phenoxy) is 1. The molecule has 90 valence electrons. The van der Waals surface area contributed by atoms with Gasteiger partial charge in [-0.25, -0.2) is 4.39 Å². The molecule has 0 atom stereocenters. The van der Waals surface area contributed by atoms with E-state index in [1.54, 1.807) is 12.1 Å². The maximum atomic E-state index is 12.7. The molecule has 2 rings (SSSR count). The molecule has 0 bridgehead atoms. The van der Waals surface area contributed by atoms with Crippen LogP contribution in [0.25, 0.3) is 0 Å². The monoisotopic (exact) mass is 234 g/mol. The fourth-order valence-corrected chi connectivity index (χ4v) is 1.37. The Hall–Kier alpha value is -1.91. The van der Waals surface area contributed by atoms with E-state index in [1.807, 2.05) is 24.3 Å². The molecule has 0 aliphatic heterocycles. The van der Waals surface area contributed by atoms with Crippen molar-refractivity contribution in [2.45, 2.75) is 6.54 Å². The van der Waals surface area contributed by atoms with Gasteiger partial charge in [-0.15, -0.1) is 0 Å². The Morgan fingerprint density at radius 3 is 2.35 bits per heavy atom. The SMILES string of the molecule is NCc1cccc(Oc2ccc(F)cc2)c1.[OH-]. The van der Waals surface area contributed by atoms with E-state index in [4.69, 9.17) is 10.5 Å². The van der Waals surface area contributed by atoms with Crippen molar-refractivity contribution in [3.63, 3.8) is 0 Å². The van der Waals surface area contributed by atoms with Crippen molar-refractivity contribution in [1.29, 1.82) is 0 Å². The first-order valence-corrected chi connectivity index (χ1v) is 5.00. The predicted molar refractivity (Wildman–Crippen MR) is 62.7 cm³/mol. The van der Waals surface area contributed by atoms with Gasteiger partial charge in [-0.1, -0.05) is 12.1 Å². The fourth-order valence-electron chi connectivity index (χ4n) is 1.37. The van der Waals surface area contributed by atoms with Crippen molar-refractivity contribution in [2.24, 2.45) is 5.73 Å². The highest BCUT2D eigenvalue weighted by Crippen LogP contribution is 2.22. The van der Waals surface area contributed by atoms with Gasteiger partial charge in [-0.2, -0.15) is 0 Å². The van der Waals surface area contributed by atoms with Crippen molar-refractivity contribution in [3.8, 4) is 11.5 Å². The molecule has 0 aromatic heterocycles. The second-order valence-corrected chi connectivity index (χ2v) is 3.41. The summed E-state index contributed by atoms with van der Waals surface area (Å²) < 4.78 is 18.2. The Morgan fingerprint density at radius 1 is 1.00 bits per heavy atom. The molecule has 0 saturated heterocycles. The summed E-state index contributed by atoms with van der Waals surface area (Å²) in [4.78, 5) is 0. The summed E-state index contributed by atoms with van der Waals surface area (Å²) in [5, 5.41) is 0. The van der Waals surface area contributed by atoms with Crippen LogP contribution in [0.2, 0.25) is 0 Å². The summed E-state index contributed by atoms with van der Waals surface area (Å²) in [6, 6.07) is 13.4. The van der Waals surface area contributed by atoms with Gasteiger partial charge in [0.25, 0.3) is 0 Å². The first-order valence-electron chi connectivity index (χ1n) is 5.00. The molecule has 3 N–H and O–H groups in total. The third kappa shape index (κ3) is 3.55. The molecule has 0 heterocycles. The minimum absolute atomic E-state index is 0. The highest BCUT2D eigenvalue weighted by molar-refractivity contribution is 5.33. The zero-order valence-corrected chi connectivity index (χ0v) is 9.14. The molecule has 0 aliphatic rings. The van der Waals surface area contributed by atoms with E-state index >= 15 is 0 Å². The fraction of sp³-hybridized carbons (Fsp3) is 0.0769. The molecular formula is C13H13FNO2-. The smallest absolute Gasteiger partial charge is 0.127 e. The number of hydrogen-bond donors (Lipinski definition) is 1. The van der Waals surface area contributed by atoms with Crippen LogP contribution in [0.1, 0.15) is 5.56 Å². The summed E-state index contributed by atoms with van der Waals surface area (Å²) >= 11 is 0. The number of benzene rings is 2. The van der Waals surface area contributed by atoms with Crippen molar-refractivity contribution in [2.75, 3.05) is 0 Å². The highest BCUT2D eigenvalue weighted by atomic mass is 19.1. The highest BCUT2D eigenvalue weighted by Gasteiger charge is 1.98. The van der Waals surface area contributed by atoms with Crippen LogP contribution in [0.3, 0.4) is 0 Å². The van der Waals surface area contributed by atoms with Crippen LogP contribution in [0.5, 0.6) is 11.5 Å². The predicted octanol–water partition coefficient (Wildman–Crippen LogP) is 2.90. The van der Waals surface area contributed by atoms with Crippen LogP contribution in [0, 0.1) is 5.82 Å². The summed E-state index contributed by atoms with van der Waals surface area (Å²) in [5.74, 6) is 1.04. The summed E-state index contributed by atoms with van der Waals surface area (Å²) in [5.41, 5.74) is 6.53. The molecule has 0 fully saturated rings. The third-order valence-electron chi connectivity index (χ3n) is 2.18. The topological polar surface area (TPSA) is 65.2 Å². The van der Waals surface area contributed by atoms with E-state index in [0.29, 0.717) is 18.0 Å². The molecule has 0 amide bonds. The second kappa shape index (κ2) is 5.98. The Labute approximate surface area is 99.0 Å². The van der Waals surface area contributed by atoms with E-state index in [-0.39, 0.29) is 11.3 Å². The van der Waals surface area contributed by atoms with Gasteiger partial charge in [0.15, 0.2) is 0 Å². The van der Waals surface area contributed by atoms with Crippen LogP contribution in [-0.2, 0) is 6.54 Å². The summed E-state index contributed by atoms with van der Waals surface area (Å²) in [7, 11) is 0. The maximum absolute atomic E-state index is 12.7. The maximum Gasteiger partial charge on any atom is 0.127 e. The lowest BCUT2D eigenvalue weighted by atomic mass is 10.2. The molecule has 0 spiro atoms. The molecule has 0 unspecified atom stereocenters. The summed E-state index contributed by atoms with van der Waals surface area (Å²) in [6.07, 6.45) is 0. The molecule has 4 heteroatoms. The molecule has 17 heavy (non-hydrogen) atoms. The van der Waals surface area contributed by atoms with Gasteiger partial charge >= 0.3 is 0 Å². The van der Waals surface area contributed by atoms with Crippen LogP contribution in [0.4, 0.5) is 4.39 Å². The van der Waals surface area contributed by atoms with Gasteiger partial charge in [0.05, 0.1) is 0 Å². The number of hydrogen-bond acceptors (Lipinski definition) is 3. The Morgan fingerprint density at radius 2 is 1.71 bits per heavy atom. The zero-order chi connectivity index (χ0) is 11.4. The van der Waals surface area contributed by atoms with Crippen LogP contribution < -0.4 is 10.5 Å². The number of rotatable bonds is 3. The first-order chi connectivity index (χ1) is 7.78. The minimum atomic E-state index is -0.275. The normalized spacial score (nSPS) is 9.53. The molecule has 2 aromatic rings. The summed E-state index contributed by atoms with van der Waals surface area (Å²) in [6.45, 7) is 0.473. The molecule has 0 aliphatic carbocycles. The van der Waals surface area contributed by atoms with Crippen molar-refractivity contribution >= 4 is 0 Å². The van der Waals surface area contributed by atoms with Gasteiger partial charge in [0.2, 0.25) is 0 Å². The van der Waals surface area contributed by atoms with Gasteiger partial charge < -0.3 is 15.9 Å². The second-order valence-electron chi connectivity index (χ2n) is 3.41. The number of nitrogens with two attached hydrogens (primary N) is 1. The lowest BCUT2D eigenvalue weighted by Gasteiger charge is -2.06. The Balaban J connectivity index is 0.00000144. The minimum Gasteiger partial charge on any atom is -0.870 e. The van der Waals surface area contributed by atoms with Crippen molar-refractivity contribution < 1.29 is 14.6 Å². The van der Waals surface area contributed by atoms with Crippen molar-refractivity contribution in [1.82, 2.24) is 0 Å². The molecule has 3 nitrogen and oxygen atoms in total. The molecule has 0 radical (unpaired) electrons. The number of halogens is 1. The van der Waals surface area contributed by atoms with Gasteiger partial charge in [-0.05, 0) is 42.0 Å². The molecule has 2 aromatic carbocycles. The van der Waals surface area contributed by atoms with E-state index in [2.05, 4.69) is 0 Å². The Kier molecular flexibility index (Phi) is 4.63. The average Bonchev–Trinajstić information content (AvgIpc) is 2.32. The van der Waals surface area contributed by atoms with Gasteiger partial charge in [0, 0.05) is 6.54 Å². The lowest BCUT2D eigenvalue weighted by molar-refractivity contribution is 0.480. The van der Waals surface area contributed by atoms with Crippen LogP contribution in [0.15, 0.2) is 48.5 Å². The molecular weight excluding hydrogens is 221 g/mol. The van der Waals surface area contributed by atoms with Crippen LogP contribution in [-0.4, -0.2) is 5.48 Å². The van der Waals surface area contributed by atoms with Crippen LogP contribution >= 0.6 is 0 Å². The standard InChI is InChI=1S/C13H12FNO.H2O/c14-11-4-6-12(7-5-11)16-13-3-1-2-10(8-13)9-15;/h1-8H,9,15H2;1H2/p-1. The third-order valence-corrected chi connectivity index (χ3v) is 2.18. The largest absolute Gasteiger partial charge is 0.870 e.